The molecule has 24 heavy (non-hydrogen) atoms. The van der Waals surface area contributed by atoms with Gasteiger partial charge in [-0.3, -0.25) is 9.48 Å². The van der Waals surface area contributed by atoms with Crippen LogP contribution in [0.15, 0.2) is 35.7 Å². The first-order valence-electron chi connectivity index (χ1n) is 7.01. The number of nitrogens with zero attached hydrogens (tertiary/aromatic N) is 4. The molecule has 0 bridgehead atoms. The molecule has 3 rings (SSSR count). The van der Waals surface area contributed by atoms with E-state index >= 15 is 0 Å². The molecule has 1 amide bonds. The molecule has 1 atom stereocenters. The summed E-state index contributed by atoms with van der Waals surface area (Å²) in [5.74, 6) is -0.768. The number of halogens is 2. The summed E-state index contributed by atoms with van der Waals surface area (Å²) in [6.07, 6.45) is 3.11. The Bertz CT molecular complexity index is 916. The van der Waals surface area contributed by atoms with Gasteiger partial charge in [0.15, 0.2) is 5.65 Å². The highest BCUT2D eigenvalue weighted by Gasteiger charge is 2.18. The van der Waals surface area contributed by atoms with Crippen LogP contribution in [0.2, 0.25) is 5.02 Å². The minimum atomic E-state index is -0.531. The first kappa shape index (κ1) is 16.7. The summed E-state index contributed by atoms with van der Waals surface area (Å²) < 4.78 is 14.8. The van der Waals surface area contributed by atoms with E-state index < -0.39 is 11.1 Å². The summed E-state index contributed by atoms with van der Waals surface area (Å²) in [6, 6.07) is 4.04. The second-order valence-corrected chi connectivity index (χ2v) is 6.80. The first-order chi connectivity index (χ1) is 11.5. The van der Waals surface area contributed by atoms with Crippen molar-refractivity contribution in [2.24, 2.45) is 7.05 Å². The fraction of sp³-hybridized carbons (Fsp3) is 0.200. The third-order valence-electron chi connectivity index (χ3n) is 3.34. The van der Waals surface area contributed by atoms with E-state index in [0.717, 1.165) is 5.39 Å². The van der Waals surface area contributed by atoms with Gasteiger partial charge in [0.25, 0.3) is 0 Å². The van der Waals surface area contributed by atoms with Gasteiger partial charge in [0, 0.05) is 12.7 Å². The van der Waals surface area contributed by atoms with Crippen molar-refractivity contribution in [1.29, 1.82) is 0 Å². The maximum Gasteiger partial charge on any atom is 0.237 e. The Morgan fingerprint density at radius 2 is 2.21 bits per heavy atom. The van der Waals surface area contributed by atoms with Crippen molar-refractivity contribution < 1.29 is 9.18 Å². The Balaban J connectivity index is 1.74. The zero-order valence-corrected chi connectivity index (χ0v) is 14.4. The van der Waals surface area contributed by atoms with Crippen molar-refractivity contribution in [2.75, 3.05) is 5.32 Å². The molecule has 2 heterocycles. The highest BCUT2D eigenvalue weighted by molar-refractivity contribution is 8.00. The van der Waals surface area contributed by atoms with Gasteiger partial charge in [-0.15, -0.1) is 0 Å². The van der Waals surface area contributed by atoms with Crippen LogP contribution in [-0.2, 0) is 11.8 Å². The van der Waals surface area contributed by atoms with Crippen molar-refractivity contribution in [3.05, 3.63) is 41.6 Å². The Hall–Kier alpha value is -2.19. The molecule has 6 nitrogen and oxygen atoms in total. The summed E-state index contributed by atoms with van der Waals surface area (Å²) in [5.41, 5.74) is 1.14. The molecule has 3 aromatic rings. The van der Waals surface area contributed by atoms with Crippen molar-refractivity contribution >= 4 is 46.0 Å². The summed E-state index contributed by atoms with van der Waals surface area (Å²) in [7, 11) is 1.79. The molecule has 9 heteroatoms. The maximum atomic E-state index is 13.2. The quantitative estimate of drug-likeness (QED) is 0.567. The lowest BCUT2D eigenvalue weighted by Crippen LogP contribution is -2.22. The van der Waals surface area contributed by atoms with Crippen LogP contribution in [0.3, 0.4) is 0 Å². The Morgan fingerprint density at radius 1 is 1.42 bits per heavy atom. The average molecular weight is 366 g/mol. The minimum absolute atomic E-state index is 0.0408. The molecule has 2 aromatic heterocycles. The molecule has 0 radical (unpaired) electrons. The number of aryl methyl sites for hydroxylation is 1. The minimum Gasteiger partial charge on any atom is -0.325 e. The van der Waals surface area contributed by atoms with Crippen molar-refractivity contribution in [2.45, 2.75) is 17.2 Å². The van der Waals surface area contributed by atoms with Crippen molar-refractivity contribution in [3.8, 4) is 0 Å². The van der Waals surface area contributed by atoms with Gasteiger partial charge in [0.2, 0.25) is 5.91 Å². The fourth-order valence-corrected chi connectivity index (χ4v) is 3.13. The molecule has 0 fully saturated rings. The summed E-state index contributed by atoms with van der Waals surface area (Å²) in [5, 5.41) is 7.85. The van der Waals surface area contributed by atoms with E-state index in [0.29, 0.717) is 16.4 Å². The third kappa shape index (κ3) is 3.34. The molecule has 1 unspecified atom stereocenters. The lowest BCUT2D eigenvalue weighted by molar-refractivity contribution is -0.115. The number of anilines is 1. The number of fused-ring (bicyclic) bond motifs is 1. The van der Waals surface area contributed by atoms with Crippen LogP contribution in [0.1, 0.15) is 6.92 Å². The third-order valence-corrected chi connectivity index (χ3v) is 4.74. The number of thioether (sulfide) groups is 1. The number of hydrogen-bond donors (Lipinski definition) is 1. The van der Waals surface area contributed by atoms with Gasteiger partial charge in [-0.2, -0.15) is 5.10 Å². The number of carbonyl (C=O) groups is 1. The number of nitrogens with one attached hydrogen (secondary N) is 1. The molecule has 0 saturated carbocycles. The standard InChI is InChI=1S/C15H13ClFN5OS/c1-8(14(23)21-9-3-4-12(17)11(16)5-9)24-15-10-6-20-22(2)13(10)18-7-19-15/h3-8H,1-2H3,(H,21,23). The SMILES string of the molecule is CC(Sc1ncnc2c1cnn2C)C(=O)Nc1ccc(F)c(Cl)c1. The van der Waals surface area contributed by atoms with Crippen LogP contribution in [0.4, 0.5) is 10.1 Å². The van der Waals surface area contributed by atoms with E-state index in [1.165, 1.54) is 36.3 Å². The number of rotatable bonds is 4. The molecule has 1 aromatic carbocycles. The molecule has 0 spiro atoms. The molecule has 0 saturated heterocycles. The van der Waals surface area contributed by atoms with Crippen LogP contribution in [0, 0.1) is 5.82 Å². The number of carbonyl (C=O) groups excluding carboxylic acids is 1. The zero-order valence-electron chi connectivity index (χ0n) is 12.8. The molecule has 0 aliphatic carbocycles. The normalized spacial score (nSPS) is 12.3. The van der Waals surface area contributed by atoms with Gasteiger partial charge in [-0.1, -0.05) is 23.4 Å². The van der Waals surface area contributed by atoms with Gasteiger partial charge in [-0.05, 0) is 25.1 Å². The van der Waals surface area contributed by atoms with Gasteiger partial charge >= 0.3 is 0 Å². The Kier molecular flexibility index (Phi) is 4.68. The monoisotopic (exact) mass is 365 g/mol. The number of hydrogen-bond acceptors (Lipinski definition) is 5. The summed E-state index contributed by atoms with van der Waals surface area (Å²) in [6.45, 7) is 1.76. The van der Waals surface area contributed by atoms with Gasteiger partial charge in [-0.25, -0.2) is 14.4 Å². The van der Waals surface area contributed by atoms with E-state index in [4.69, 9.17) is 11.6 Å². The number of amides is 1. The highest BCUT2D eigenvalue weighted by Crippen LogP contribution is 2.28. The maximum absolute atomic E-state index is 13.2. The fourth-order valence-electron chi connectivity index (χ4n) is 2.07. The average Bonchev–Trinajstić information content (AvgIpc) is 2.93. The topological polar surface area (TPSA) is 72.7 Å². The molecule has 0 aliphatic heterocycles. The van der Waals surface area contributed by atoms with E-state index in [2.05, 4.69) is 20.4 Å². The van der Waals surface area contributed by atoms with Crippen molar-refractivity contribution in [3.63, 3.8) is 0 Å². The molecule has 0 aliphatic rings. The lowest BCUT2D eigenvalue weighted by Gasteiger charge is -2.12. The van der Waals surface area contributed by atoms with Crippen LogP contribution in [0.5, 0.6) is 0 Å². The molecular weight excluding hydrogens is 353 g/mol. The smallest absolute Gasteiger partial charge is 0.237 e. The number of aromatic nitrogens is 4. The summed E-state index contributed by atoms with van der Waals surface area (Å²) in [4.78, 5) is 20.7. The van der Waals surface area contributed by atoms with E-state index in [-0.39, 0.29) is 10.9 Å². The van der Waals surface area contributed by atoms with Crippen LogP contribution < -0.4 is 5.32 Å². The van der Waals surface area contributed by atoms with Gasteiger partial charge < -0.3 is 5.32 Å². The Labute approximate surface area is 146 Å². The van der Waals surface area contributed by atoms with Crippen LogP contribution >= 0.6 is 23.4 Å². The van der Waals surface area contributed by atoms with E-state index in [1.807, 2.05) is 0 Å². The second kappa shape index (κ2) is 6.74. The predicted molar refractivity (Wildman–Crippen MR) is 91.7 cm³/mol. The summed E-state index contributed by atoms with van der Waals surface area (Å²) >= 11 is 7.01. The molecule has 1 N–H and O–H groups in total. The molecular formula is C15H13ClFN5OS. The van der Waals surface area contributed by atoms with Crippen LogP contribution in [0.25, 0.3) is 11.0 Å². The largest absolute Gasteiger partial charge is 0.325 e. The van der Waals surface area contributed by atoms with Gasteiger partial charge in [0.1, 0.15) is 17.2 Å². The zero-order chi connectivity index (χ0) is 17.3. The second-order valence-electron chi connectivity index (χ2n) is 5.06. The predicted octanol–water partition coefficient (Wildman–Crippen LogP) is 3.28. The molecule has 124 valence electrons. The van der Waals surface area contributed by atoms with E-state index in [1.54, 1.807) is 24.9 Å². The number of benzene rings is 1. The lowest BCUT2D eigenvalue weighted by atomic mass is 10.3. The van der Waals surface area contributed by atoms with Crippen LogP contribution in [-0.4, -0.2) is 30.9 Å². The van der Waals surface area contributed by atoms with E-state index in [9.17, 15) is 9.18 Å². The first-order valence-corrected chi connectivity index (χ1v) is 8.26. The van der Waals surface area contributed by atoms with Crippen molar-refractivity contribution in [1.82, 2.24) is 19.7 Å². The highest BCUT2D eigenvalue weighted by atomic mass is 35.5. The van der Waals surface area contributed by atoms with Gasteiger partial charge in [0.05, 0.1) is 21.9 Å². The Morgan fingerprint density at radius 3 is 2.96 bits per heavy atom.